The van der Waals surface area contributed by atoms with E-state index in [9.17, 15) is 152 Å². The van der Waals surface area contributed by atoms with Crippen molar-refractivity contribution in [2.24, 2.45) is 0 Å². The molecular formula is C66H111N5O48. The zero-order valence-electron chi connectivity index (χ0n) is 64.0. The summed E-state index contributed by atoms with van der Waals surface area (Å²) in [5, 5.41) is 289. The maximum atomic E-state index is 13.2. The highest BCUT2D eigenvalue weighted by Crippen LogP contribution is 2.40. The van der Waals surface area contributed by atoms with Gasteiger partial charge >= 0.3 is 0 Å². The second-order valence-electron chi connectivity index (χ2n) is 29.7. The van der Waals surface area contributed by atoms with Crippen molar-refractivity contribution in [2.75, 3.05) is 72.7 Å². The Balaban J connectivity index is 0.950. The lowest BCUT2D eigenvalue weighted by atomic mass is 9.93. The lowest BCUT2D eigenvalue weighted by Gasteiger charge is -2.51. The van der Waals surface area contributed by atoms with Gasteiger partial charge in [-0.3, -0.25) is 24.0 Å². The Bertz CT molecular complexity index is 3160. The molecule has 0 aromatic heterocycles. The summed E-state index contributed by atoms with van der Waals surface area (Å²) in [6.07, 6.45) is -82.7. The zero-order chi connectivity index (χ0) is 87.6. The van der Waals surface area contributed by atoms with Crippen molar-refractivity contribution in [3.8, 4) is 0 Å². The quantitative estimate of drug-likeness (QED) is 0.0262. The molecular weight excluding hydrogens is 1630 g/mol. The summed E-state index contributed by atoms with van der Waals surface area (Å²) in [6.45, 7) is -6.65. The molecule has 0 radical (unpaired) electrons. The number of amides is 5. The van der Waals surface area contributed by atoms with Crippen LogP contribution in [-0.2, 0) is 109 Å². The van der Waals surface area contributed by atoms with Gasteiger partial charge in [-0.25, -0.2) is 0 Å². The van der Waals surface area contributed by atoms with Crippen LogP contribution in [0.25, 0.3) is 0 Å². The lowest BCUT2D eigenvalue weighted by Crippen LogP contribution is -2.71. The highest BCUT2D eigenvalue weighted by Gasteiger charge is 2.61. The van der Waals surface area contributed by atoms with Gasteiger partial charge in [0.15, 0.2) is 56.6 Å². The molecule has 0 unspecified atom stereocenters. The van der Waals surface area contributed by atoms with Gasteiger partial charge < -0.3 is 240 Å². The molecule has 119 heavy (non-hydrogen) atoms. The molecule has 0 aromatic rings. The van der Waals surface area contributed by atoms with E-state index in [4.69, 9.17) is 85.3 Å². The number of rotatable bonds is 35. The molecule has 53 nitrogen and oxygen atoms in total. The van der Waals surface area contributed by atoms with Gasteiger partial charge in [0.1, 0.15) is 219 Å². The number of carbonyl (C=O) groups excluding carboxylic acids is 5. The Morgan fingerprint density at radius 2 is 0.538 bits per heavy atom. The summed E-state index contributed by atoms with van der Waals surface area (Å²) in [5.74, 6) is -3.63. The fraction of sp³-hybridized carbons (Fsp3) is 0.924. The number of hydrogen-bond donors (Lipinski definition) is 30. The van der Waals surface area contributed by atoms with E-state index in [1.54, 1.807) is 0 Å². The number of aliphatic hydroxyl groups excluding tert-OH is 25. The lowest BCUT2D eigenvalue weighted by molar-refractivity contribution is -0.389. The van der Waals surface area contributed by atoms with Crippen LogP contribution in [-0.4, -0.2) is 513 Å². The van der Waals surface area contributed by atoms with Gasteiger partial charge in [-0.2, -0.15) is 0 Å². The van der Waals surface area contributed by atoms with Crippen LogP contribution in [0.3, 0.4) is 0 Å². The summed E-state index contributed by atoms with van der Waals surface area (Å²) < 4.78 is 106. The molecule has 0 aliphatic carbocycles. The van der Waals surface area contributed by atoms with E-state index < -0.39 is 378 Å². The van der Waals surface area contributed by atoms with Gasteiger partial charge in [0, 0.05) is 27.7 Å². The van der Waals surface area contributed by atoms with E-state index in [2.05, 4.69) is 26.6 Å². The summed E-state index contributed by atoms with van der Waals surface area (Å²) in [4.78, 5) is 62.3. The van der Waals surface area contributed by atoms with Crippen molar-refractivity contribution in [1.82, 2.24) is 26.6 Å². The molecule has 30 N–H and O–H groups in total. The third-order valence-electron chi connectivity index (χ3n) is 21.3. The molecule has 9 aliphatic rings. The predicted molar refractivity (Wildman–Crippen MR) is 367 cm³/mol. The van der Waals surface area contributed by atoms with Gasteiger partial charge in [0.2, 0.25) is 30.0 Å². The number of ether oxygens (including phenoxy) is 18. The summed E-state index contributed by atoms with van der Waals surface area (Å²) in [6, 6.07) is -8.41. The molecule has 9 aliphatic heterocycles. The van der Waals surface area contributed by atoms with E-state index in [1.807, 2.05) is 0 Å². The van der Waals surface area contributed by atoms with Gasteiger partial charge in [-0.15, -0.1) is 0 Å². The van der Waals surface area contributed by atoms with Crippen molar-refractivity contribution in [1.29, 1.82) is 0 Å². The largest absolute Gasteiger partial charge is 0.394 e. The highest BCUT2D eigenvalue weighted by atomic mass is 16.8. The first kappa shape index (κ1) is 98.4. The minimum Gasteiger partial charge on any atom is -0.394 e. The third kappa shape index (κ3) is 22.7. The van der Waals surface area contributed by atoms with Crippen LogP contribution >= 0.6 is 0 Å². The molecule has 0 bridgehead atoms. The Labute approximate surface area is 674 Å². The minimum atomic E-state index is -2.49. The Morgan fingerprint density at radius 3 is 0.899 bits per heavy atom. The topological polar surface area (TPSA) is 817 Å². The Kier molecular flexibility index (Phi) is 36.5. The van der Waals surface area contributed by atoms with Crippen molar-refractivity contribution >= 4 is 30.0 Å². The third-order valence-corrected chi connectivity index (χ3v) is 21.3. The maximum absolute atomic E-state index is 13.2. The van der Waals surface area contributed by atoms with Crippen molar-refractivity contribution in [3.05, 3.63) is 0 Å². The molecule has 0 spiro atoms. The van der Waals surface area contributed by atoms with Crippen molar-refractivity contribution in [2.45, 2.75) is 310 Å². The van der Waals surface area contributed by atoms with Crippen LogP contribution in [0.4, 0.5) is 0 Å². The first-order valence-electron chi connectivity index (χ1n) is 37.8. The Morgan fingerprint density at radius 1 is 0.277 bits per heavy atom. The second-order valence-corrected chi connectivity index (χ2v) is 29.7. The van der Waals surface area contributed by atoms with Crippen molar-refractivity contribution in [3.63, 3.8) is 0 Å². The average Bonchev–Trinajstić information content (AvgIpc) is 0.769. The smallest absolute Gasteiger partial charge is 0.217 e. The highest BCUT2D eigenvalue weighted by molar-refractivity contribution is 5.74. The summed E-state index contributed by atoms with van der Waals surface area (Å²) in [5.41, 5.74) is 0. The van der Waals surface area contributed by atoms with Crippen LogP contribution < -0.4 is 26.6 Å². The molecule has 688 valence electrons. The van der Waals surface area contributed by atoms with E-state index in [-0.39, 0.29) is 6.41 Å². The van der Waals surface area contributed by atoms with Crippen LogP contribution in [0.1, 0.15) is 27.7 Å². The molecule has 0 aromatic carbocycles. The van der Waals surface area contributed by atoms with Gasteiger partial charge in [-0.05, 0) is 0 Å². The average molecular weight is 1740 g/mol. The number of carbonyl (C=O) groups is 5. The van der Waals surface area contributed by atoms with Crippen molar-refractivity contribution < 1.29 is 237 Å². The van der Waals surface area contributed by atoms with E-state index in [0.29, 0.717) is 0 Å². The molecule has 46 atom stereocenters. The standard InChI is InChI=1S/C66H111N5O48/c1-17(81)68-31-40(90)35(85)22(6-73)105-58(31)104-15-30-39(89)57(51(101)66(113-30)116-54-27(11-78)110-60(34(43(54)93)71-20(4)84)118-56-38(88)24(8-75)107-65(50(56)100)117-55-28(12-79)111-62(49(99)46(55)96)102-13-21(5-72)67-16-80)119-61-33(70-19(3)83)42(92)53(26(10-77)109-61)115-64-48(98)45(95)37(87)29(112-64)14-103-59-32(69-18(2)82)41(91)52(25(9-76)108-59)114-63-47(97)44(94)36(86)23(7-74)106-63/h16,21-66,72-79,85-101H,5-15H2,1-4H3,(H,67,80)(H,68,81)(H,69,82)(H,70,83)(H,71,84)/t21-,22-,23-,24-,25-,26-,27-,28-,29-,30-,31-,32-,33-,34-,35-,36+,37+,38+,39+,40-,41-,42-,43-,44+,45+,46-,47-,48-,49-,50-,51-,52-,53-,54-,55-,56+,57+,58-,59-,60+,61+,62-,63+,64+,65+,66+/m1/s1. The molecule has 9 saturated heterocycles. The molecule has 5 amide bonds. The predicted octanol–water partition coefficient (Wildman–Crippen LogP) is -20.9. The first-order valence-corrected chi connectivity index (χ1v) is 37.8. The molecule has 9 rings (SSSR count). The minimum absolute atomic E-state index is 0.248. The fourth-order valence-electron chi connectivity index (χ4n) is 15.0. The van der Waals surface area contributed by atoms with Gasteiger partial charge in [-0.1, -0.05) is 0 Å². The Hall–Kier alpha value is -4.37. The van der Waals surface area contributed by atoms with Crippen LogP contribution in [0.15, 0.2) is 0 Å². The van der Waals surface area contributed by atoms with E-state index in [0.717, 1.165) is 27.7 Å². The maximum Gasteiger partial charge on any atom is 0.217 e. The molecule has 9 fully saturated rings. The monoisotopic (exact) mass is 1740 g/mol. The van der Waals surface area contributed by atoms with Crippen LogP contribution in [0.5, 0.6) is 0 Å². The molecule has 53 heteroatoms. The molecule has 9 heterocycles. The van der Waals surface area contributed by atoms with Gasteiger partial charge in [0.25, 0.3) is 0 Å². The SMILES string of the molecule is CC(=O)N[C@H]1[C@H](OC[C@H]2O[C@@H](O[C@H]3[C@H](O)[C@@H](NC(C)=O)[C@H](O[C@H]4[C@@H](O)[C@@H](CO[C@@H]5O[C@H](CO)[C@@H](O)[C@H](O)[C@H]5NC(C)=O)O[C@@H](O[C@H]5[C@H](O)[C@@H](NC(C)=O)[C@H](O[C@H]6[C@@H](O)[C@@H](CO)O[C@@H](O[C@H]7[C@H](O)[C@@H](O)[C@H](OC[C@@H](CO)NC=O)O[C@@H]7CO)[C@@H]6O)O[C@@H]5CO)[C@@H]4O)O[C@@H]3CO)[C@H](O)[C@@H](O)[C@H]2O)O[C@H](CO)[C@@H](O[C@@H]2O[C@H](CO)[C@H](O)[C@H](O)[C@H]2O)[C@@H]1O. The molecule has 0 saturated carbocycles. The normalized spacial score (nSPS) is 46.9. The van der Waals surface area contributed by atoms with E-state index >= 15 is 0 Å². The fourth-order valence-corrected chi connectivity index (χ4v) is 15.0. The van der Waals surface area contributed by atoms with Crippen LogP contribution in [0.2, 0.25) is 0 Å². The summed E-state index contributed by atoms with van der Waals surface area (Å²) in [7, 11) is 0. The zero-order valence-corrected chi connectivity index (χ0v) is 64.0. The van der Waals surface area contributed by atoms with Gasteiger partial charge in [0.05, 0.1) is 78.7 Å². The number of aliphatic hydroxyl groups is 25. The number of nitrogens with one attached hydrogen (secondary N) is 5. The number of hydrogen-bond acceptors (Lipinski definition) is 48. The van der Waals surface area contributed by atoms with E-state index in [1.165, 1.54) is 0 Å². The first-order chi connectivity index (χ1) is 56.4. The second kappa shape index (κ2) is 44.2. The summed E-state index contributed by atoms with van der Waals surface area (Å²) >= 11 is 0. The van der Waals surface area contributed by atoms with Crippen LogP contribution in [0, 0.1) is 0 Å².